The Hall–Kier alpha value is -3.52. The van der Waals surface area contributed by atoms with E-state index >= 15 is 0 Å². The highest BCUT2D eigenvalue weighted by molar-refractivity contribution is 5.78. The van der Waals surface area contributed by atoms with Crippen LogP contribution in [-0.4, -0.2) is 39.1 Å². The van der Waals surface area contributed by atoms with E-state index in [2.05, 4.69) is 30.6 Å². The normalized spacial score (nSPS) is 16.2. The molecule has 1 aromatic carbocycles. The molecular weight excluding hydrogens is 368 g/mol. The minimum Gasteiger partial charge on any atom is -0.464 e. The van der Waals surface area contributed by atoms with Crippen molar-refractivity contribution in [1.29, 1.82) is 0 Å². The quantitative estimate of drug-likeness (QED) is 0.517. The number of hydrogen-bond acceptors (Lipinski definition) is 8. The molecule has 29 heavy (non-hydrogen) atoms. The zero-order valence-corrected chi connectivity index (χ0v) is 15.7. The molecule has 1 aliphatic rings. The number of furan rings is 1. The first-order valence-corrected chi connectivity index (χ1v) is 9.62. The van der Waals surface area contributed by atoms with E-state index in [1.807, 2.05) is 24.3 Å². The van der Waals surface area contributed by atoms with Crippen LogP contribution in [-0.2, 0) is 0 Å². The standard InChI is InChI=1S/C21H20N6O2/c1-3-15(22-7-1)12-25-20-21(27-17(13-26-20)19-23-8-2-9-24-19)29-16-4-5-18-14(11-16)6-10-28-18/h2,4-6,8-11,13,15,22H,1,3,7,12H2,(H,25,26)/t15-/m0/s1. The van der Waals surface area contributed by atoms with Gasteiger partial charge in [0.1, 0.15) is 17.0 Å². The van der Waals surface area contributed by atoms with Gasteiger partial charge in [-0.3, -0.25) is 0 Å². The van der Waals surface area contributed by atoms with E-state index < -0.39 is 0 Å². The van der Waals surface area contributed by atoms with Crippen molar-refractivity contribution in [1.82, 2.24) is 25.3 Å². The van der Waals surface area contributed by atoms with Crippen LogP contribution in [0.2, 0.25) is 0 Å². The number of benzene rings is 1. The van der Waals surface area contributed by atoms with Crippen LogP contribution < -0.4 is 15.4 Å². The van der Waals surface area contributed by atoms with Gasteiger partial charge in [0.05, 0.1) is 12.5 Å². The maximum Gasteiger partial charge on any atom is 0.263 e. The van der Waals surface area contributed by atoms with Gasteiger partial charge in [-0.25, -0.2) is 19.9 Å². The third-order valence-corrected chi connectivity index (χ3v) is 4.85. The molecule has 8 heteroatoms. The first-order valence-electron chi connectivity index (χ1n) is 9.62. The molecule has 1 saturated heterocycles. The van der Waals surface area contributed by atoms with Crippen LogP contribution in [0.1, 0.15) is 12.8 Å². The lowest BCUT2D eigenvalue weighted by atomic mass is 10.2. The predicted molar refractivity (Wildman–Crippen MR) is 109 cm³/mol. The molecule has 0 unspecified atom stereocenters. The largest absolute Gasteiger partial charge is 0.464 e. The Labute approximate surface area is 167 Å². The Balaban J connectivity index is 1.46. The first kappa shape index (κ1) is 17.6. The van der Waals surface area contributed by atoms with Crippen molar-refractivity contribution in [2.75, 3.05) is 18.4 Å². The second-order valence-electron chi connectivity index (χ2n) is 6.88. The number of aromatic nitrogens is 4. The van der Waals surface area contributed by atoms with E-state index in [4.69, 9.17) is 9.15 Å². The van der Waals surface area contributed by atoms with Crippen molar-refractivity contribution in [2.24, 2.45) is 0 Å². The SMILES string of the molecule is c1cnc(-c2cnc(NC[C@@H]3CCCN3)c(Oc3ccc4occc4c3)n2)nc1. The molecule has 0 aliphatic carbocycles. The summed E-state index contributed by atoms with van der Waals surface area (Å²) in [6.45, 7) is 1.81. The molecule has 1 atom stereocenters. The van der Waals surface area contributed by atoms with Crippen LogP contribution in [0.3, 0.4) is 0 Å². The van der Waals surface area contributed by atoms with Gasteiger partial charge in [0.15, 0.2) is 11.6 Å². The minimum atomic E-state index is 0.385. The molecule has 1 fully saturated rings. The van der Waals surface area contributed by atoms with Gasteiger partial charge in [0, 0.05) is 30.4 Å². The summed E-state index contributed by atoms with van der Waals surface area (Å²) in [5.41, 5.74) is 1.36. The molecule has 0 radical (unpaired) electrons. The Morgan fingerprint density at radius 3 is 2.97 bits per heavy atom. The van der Waals surface area contributed by atoms with Gasteiger partial charge < -0.3 is 19.8 Å². The highest BCUT2D eigenvalue weighted by atomic mass is 16.5. The molecule has 2 N–H and O–H groups in total. The lowest BCUT2D eigenvalue weighted by Crippen LogP contribution is -2.29. The topological polar surface area (TPSA) is 98.0 Å². The average molecular weight is 388 g/mol. The monoisotopic (exact) mass is 388 g/mol. The molecule has 4 aromatic rings. The number of fused-ring (bicyclic) bond motifs is 1. The highest BCUT2D eigenvalue weighted by Gasteiger charge is 2.17. The lowest BCUT2D eigenvalue weighted by Gasteiger charge is -2.15. The van der Waals surface area contributed by atoms with Crippen molar-refractivity contribution < 1.29 is 9.15 Å². The van der Waals surface area contributed by atoms with Crippen LogP contribution in [0.25, 0.3) is 22.5 Å². The number of nitrogens with zero attached hydrogens (tertiary/aromatic N) is 4. The maximum absolute atomic E-state index is 6.11. The van der Waals surface area contributed by atoms with Gasteiger partial charge in [-0.2, -0.15) is 0 Å². The van der Waals surface area contributed by atoms with Crippen molar-refractivity contribution >= 4 is 16.8 Å². The van der Waals surface area contributed by atoms with Gasteiger partial charge in [0.25, 0.3) is 5.88 Å². The number of rotatable bonds is 6. The summed E-state index contributed by atoms with van der Waals surface area (Å²) in [6, 6.07) is 9.71. The van der Waals surface area contributed by atoms with Gasteiger partial charge in [-0.05, 0) is 49.7 Å². The number of nitrogens with one attached hydrogen (secondary N) is 2. The second-order valence-corrected chi connectivity index (χ2v) is 6.88. The number of anilines is 1. The zero-order valence-electron chi connectivity index (χ0n) is 15.7. The highest BCUT2D eigenvalue weighted by Crippen LogP contribution is 2.30. The summed E-state index contributed by atoms with van der Waals surface area (Å²) >= 11 is 0. The summed E-state index contributed by atoms with van der Waals surface area (Å²) in [7, 11) is 0. The lowest BCUT2D eigenvalue weighted by molar-refractivity contribution is 0.463. The maximum atomic E-state index is 6.11. The van der Waals surface area contributed by atoms with Gasteiger partial charge in [0.2, 0.25) is 0 Å². The van der Waals surface area contributed by atoms with E-state index in [-0.39, 0.29) is 0 Å². The molecule has 0 amide bonds. The molecule has 0 spiro atoms. The summed E-state index contributed by atoms with van der Waals surface area (Å²) in [5, 5.41) is 7.80. The van der Waals surface area contributed by atoms with E-state index in [1.54, 1.807) is 30.9 Å². The number of hydrogen-bond donors (Lipinski definition) is 2. The molecule has 0 bridgehead atoms. The first-order chi connectivity index (χ1) is 14.3. The van der Waals surface area contributed by atoms with Crippen molar-refractivity contribution in [3.63, 3.8) is 0 Å². The van der Waals surface area contributed by atoms with Crippen molar-refractivity contribution in [2.45, 2.75) is 18.9 Å². The molecule has 8 nitrogen and oxygen atoms in total. The third kappa shape index (κ3) is 3.88. The van der Waals surface area contributed by atoms with Gasteiger partial charge >= 0.3 is 0 Å². The van der Waals surface area contributed by atoms with Crippen molar-refractivity contribution in [3.8, 4) is 23.1 Å². The molecule has 3 aromatic heterocycles. The summed E-state index contributed by atoms with van der Waals surface area (Å²) in [6.07, 6.45) is 9.00. The van der Waals surface area contributed by atoms with E-state index in [0.717, 1.165) is 30.5 Å². The number of ether oxygens (including phenoxy) is 1. The fraction of sp³-hybridized carbons (Fsp3) is 0.238. The predicted octanol–water partition coefficient (Wildman–Crippen LogP) is 3.64. The minimum absolute atomic E-state index is 0.385. The van der Waals surface area contributed by atoms with E-state index in [9.17, 15) is 0 Å². The van der Waals surface area contributed by atoms with E-state index in [1.165, 1.54) is 6.42 Å². The molecule has 146 valence electrons. The molecule has 4 heterocycles. The smallest absolute Gasteiger partial charge is 0.263 e. The molecule has 1 aliphatic heterocycles. The fourth-order valence-electron chi connectivity index (χ4n) is 3.37. The summed E-state index contributed by atoms with van der Waals surface area (Å²) in [4.78, 5) is 17.7. The van der Waals surface area contributed by atoms with Gasteiger partial charge in [-0.1, -0.05) is 0 Å². The molecular formula is C21H20N6O2. The third-order valence-electron chi connectivity index (χ3n) is 4.85. The Kier molecular flexibility index (Phi) is 4.75. The van der Waals surface area contributed by atoms with E-state index in [0.29, 0.717) is 35.0 Å². The van der Waals surface area contributed by atoms with Crippen LogP contribution >= 0.6 is 0 Å². The molecule has 5 rings (SSSR count). The van der Waals surface area contributed by atoms with Crippen LogP contribution in [0.4, 0.5) is 5.82 Å². The Bertz CT molecular complexity index is 1110. The second kappa shape index (κ2) is 7.84. The zero-order chi connectivity index (χ0) is 19.5. The van der Waals surface area contributed by atoms with Crippen LogP contribution in [0.15, 0.2) is 59.6 Å². The average Bonchev–Trinajstić information content (AvgIpc) is 3.45. The molecule has 0 saturated carbocycles. The van der Waals surface area contributed by atoms with Crippen LogP contribution in [0.5, 0.6) is 11.6 Å². The van der Waals surface area contributed by atoms with Crippen molar-refractivity contribution in [3.05, 3.63) is 55.2 Å². The van der Waals surface area contributed by atoms with Gasteiger partial charge in [-0.15, -0.1) is 0 Å². The summed E-state index contributed by atoms with van der Waals surface area (Å²) < 4.78 is 11.5. The Morgan fingerprint density at radius 1 is 1.17 bits per heavy atom. The van der Waals surface area contributed by atoms with Crippen LogP contribution in [0, 0.1) is 0 Å². The Morgan fingerprint density at radius 2 is 2.10 bits per heavy atom. The summed E-state index contributed by atoms with van der Waals surface area (Å²) in [5.74, 6) is 2.13. The fourth-order valence-corrected chi connectivity index (χ4v) is 3.37.